The summed E-state index contributed by atoms with van der Waals surface area (Å²) >= 11 is 19.8. The van der Waals surface area contributed by atoms with Crippen LogP contribution in [-0.4, -0.2) is 34.6 Å². The molecule has 0 aliphatic rings. The molecular formula is C28H29Cl3N2O2S. The maximum Gasteiger partial charge on any atom is 0.243 e. The molecule has 190 valence electrons. The number of hydrogen-bond acceptors (Lipinski definition) is 3. The number of benzene rings is 3. The van der Waals surface area contributed by atoms with Crippen molar-refractivity contribution in [3.8, 4) is 0 Å². The Morgan fingerprint density at radius 2 is 1.61 bits per heavy atom. The van der Waals surface area contributed by atoms with Gasteiger partial charge in [0.05, 0.1) is 15.8 Å². The molecule has 0 unspecified atom stereocenters. The SMILES string of the molecule is CC[C@H](C)NC(=O)[C@H](Cc1ccccc1)N(Cc1ccc(Cl)c(Cl)c1)C(=O)CSc1ccc(Cl)cc1. The zero-order valence-electron chi connectivity index (χ0n) is 20.2. The lowest BCUT2D eigenvalue weighted by Gasteiger charge is -2.32. The Kier molecular flexibility index (Phi) is 11.0. The zero-order valence-corrected chi connectivity index (χ0v) is 23.3. The van der Waals surface area contributed by atoms with Gasteiger partial charge in [-0.15, -0.1) is 11.8 Å². The Labute approximate surface area is 232 Å². The number of thioether (sulfide) groups is 1. The average molecular weight is 564 g/mol. The minimum absolute atomic E-state index is 0.0128. The average Bonchev–Trinajstić information content (AvgIpc) is 2.88. The highest BCUT2D eigenvalue weighted by molar-refractivity contribution is 8.00. The van der Waals surface area contributed by atoms with Gasteiger partial charge in [-0.1, -0.05) is 78.1 Å². The highest BCUT2D eigenvalue weighted by Gasteiger charge is 2.31. The number of nitrogens with one attached hydrogen (secondary N) is 1. The summed E-state index contributed by atoms with van der Waals surface area (Å²) in [5.41, 5.74) is 1.77. The highest BCUT2D eigenvalue weighted by atomic mass is 35.5. The van der Waals surface area contributed by atoms with E-state index in [0.29, 0.717) is 21.5 Å². The van der Waals surface area contributed by atoms with Gasteiger partial charge in [-0.25, -0.2) is 0 Å². The molecule has 0 bridgehead atoms. The minimum atomic E-state index is -0.700. The third-order valence-electron chi connectivity index (χ3n) is 5.79. The van der Waals surface area contributed by atoms with Gasteiger partial charge in [-0.3, -0.25) is 9.59 Å². The summed E-state index contributed by atoms with van der Waals surface area (Å²) < 4.78 is 0. The van der Waals surface area contributed by atoms with Crippen LogP contribution in [0.25, 0.3) is 0 Å². The van der Waals surface area contributed by atoms with E-state index in [1.54, 1.807) is 29.2 Å². The van der Waals surface area contributed by atoms with Crippen LogP contribution in [0.1, 0.15) is 31.4 Å². The van der Waals surface area contributed by atoms with E-state index in [1.807, 2.05) is 62.4 Å². The van der Waals surface area contributed by atoms with E-state index in [9.17, 15) is 9.59 Å². The molecule has 0 aliphatic heterocycles. The molecule has 0 fully saturated rings. The fourth-order valence-corrected chi connectivity index (χ4v) is 4.82. The fraction of sp³-hybridized carbons (Fsp3) is 0.286. The molecule has 8 heteroatoms. The number of carbonyl (C=O) groups excluding carboxylic acids is 2. The van der Waals surface area contributed by atoms with Gasteiger partial charge in [0.1, 0.15) is 6.04 Å². The van der Waals surface area contributed by atoms with E-state index in [4.69, 9.17) is 34.8 Å². The van der Waals surface area contributed by atoms with Crippen molar-refractivity contribution in [1.82, 2.24) is 10.2 Å². The molecule has 2 atom stereocenters. The molecule has 0 saturated carbocycles. The van der Waals surface area contributed by atoms with Gasteiger partial charge in [-0.05, 0) is 60.9 Å². The third-order valence-corrected chi connectivity index (χ3v) is 7.77. The molecule has 4 nitrogen and oxygen atoms in total. The second-order valence-corrected chi connectivity index (χ2v) is 10.8. The van der Waals surface area contributed by atoms with Crippen molar-refractivity contribution < 1.29 is 9.59 Å². The van der Waals surface area contributed by atoms with E-state index >= 15 is 0 Å². The second kappa shape index (κ2) is 13.9. The molecule has 0 heterocycles. The minimum Gasteiger partial charge on any atom is -0.352 e. The van der Waals surface area contributed by atoms with Crippen LogP contribution in [0.3, 0.4) is 0 Å². The summed E-state index contributed by atoms with van der Waals surface area (Å²) in [6, 6.07) is 21.6. The molecule has 3 rings (SSSR count). The first kappa shape index (κ1) is 28.4. The van der Waals surface area contributed by atoms with E-state index in [1.165, 1.54) is 11.8 Å². The van der Waals surface area contributed by atoms with E-state index < -0.39 is 6.04 Å². The van der Waals surface area contributed by atoms with Crippen LogP contribution in [0.5, 0.6) is 0 Å². The summed E-state index contributed by atoms with van der Waals surface area (Å²) in [4.78, 5) is 29.8. The maximum atomic E-state index is 13.7. The Hall–Kier alpha value is -2.18. The Morgan fingerprint density at radius 3 is 2.25 bits per heavy atom. The van der Waals surface area contributed by atoms with Crippen LogP contribution in [0.2, 0.25) is 15.1 Å². The van der Waals surface area contributed by atoms with E-state index in [2.05, 4.69) is 5.32 Å². The molecule has 0 radical (unpaired) electrons. The monoisotopic (exact) mass is 562 g/mol. The van der Waals surface area contributed by atoms with Gasteiger partial charge in [-0.2, -0.15) is 0 Å². The van der Waals surface area contributed by atoms with Gasteiger partial charge in [0.15, 0.2) is 0 Å². The quantitative estimate of drug-likeness (QED) is 0.249. The predicted molar refractivity (Wildman–Crippen MR) is 151 cm³/mol. The van der Waals surface area contributed by atoms with Crippen molar-refractivity contribution in [2.75, 3.05) is 5.75 Å². The lowest BCUT2D eigenvalue weighted by atomic mass is 10.0. The number of carbonyl (C=O) groups is 2. The second-order valence-electron chi connectivity index (χ2n) is 8.54. The normalized spacial score (nSPS) is 12.6. The molecule has 3 aromatic rings. The molecule has 36 heavy (non-hydrogen) atoms. The van der Waals surface area contributed by atoms with Crippen LogP contribution in [0.4, 0.5) is 0 Å². The predicted octanol–water partition coefficient (Wildman–Crippen LogP) is 7.29. The standard InChI is InChI=1S/C28H29Cl3N2O2S/c1-3-19(2)32-28(35)26(16-20-7-5-4-6-8-20)33(17-21-9-14-24(30)25(31)15-21)27(34)18-36-23-12-10-22(29)11-13-23/h4-15,19,26H,3,16-18H2,1-2H3,(H,32,35)/t19-,26-/m0/s1. The molecule has 0 aliphatic carbocycles. The van der Waals surface area contributed by atoms with E-state index in [0.717, 1.165) is 22.4 Å². The summed E-state index contributed by atoms with van der Waals surface area (Å²) in [5.74, 6) is -0.162. The van der Waals surface area contributed by atoms with Gasteiger partial charge < -0.3 is 10.2 Å². The van der Waals surface area contributed by atoms with Crippen molar-refractivity contribution in [3.63, 3.8) is 0 Å². The molecule has 1 N–H and O–H groups in total. The summed E-state index contributed by atoms with van der Waals surface area (Å²) in [7, 11) is 0. The Balaban J connectivity index is 1.92. The lowest BCUT2D eigenvalue weighted by molar-refractivity contribution is -0.139. The maximum absolute atomic E-state index is 13.7. The van der Waals surface area contributed by atoms with Crippen molar-refractivity contribution in [3.05, 3.63) is 99.0 Å². The largest absolute Gasteiger partial charge is 0.352 e. The van der Waals surface area contributed by atoms with Crippen LogP contribution >= 0.6 is 46.6 Å². The number of amides is 2. The summed E-state index contributed by atoms with van der Waals surface area (Å²) in [6.07, 6.45) is 1.18. The summed E-state index contributed by atoms with van der Waals surface area (Å²) in [6.45, 7) is 4.19. The molecule has 2 amide bonds. The highest BCUT2D eigenvalue weighted by Crippen LogP contribution is 2.26. The topological polar surface area (TPSA) is 49.4 Å². The van der Waals surface area contributed by atoms with Gasteiger partial charge in [0.2, 0.25) is 11.8 Å². The number of rotatable bonds is 11. The van der Waals surface area contributed by atoms with Crippen LogP contribution in [-0.2, 0) is 22.6 Å². The van der Waals surface area contributed by atoms with Crippen molar-refractivity contribution in [2.24, 2.45) is 0 Å². The van der Waals surface area contributed by atoms with Crippen molar-refractivity contribution >= 4 is 58.4 Å². The lowest BCUT2D eigenvalue weighted by Crippen LogP contribution is -2.52. The smallest absolute Gasteiger partial charge is 0.243 e. The van der Waals surface area contributed by atoms with Crippen molar-refractivity contribution in [1.29, 1.82) is 0 Å². The number of nitrogens with zero attached hydrogens (tertiary/aromatic N) is 1. The Bertz CT molecular complexity index is 1160. The van der Waals surface area contributed by atoms with Crippen LogP contribution in [0, 0.1) is 0 Å². The Morgan fingerprint density at radius 1 is 0.917 bits per heavy atom. The summed E-state index contributed by atoms with van der Waals surface area (Å²) in [5, 5.41) is 4.55. The van der Waals surface area contributed by atoms with Gasteiger partial charge in [0.25, 0.3) is 0 Å². The molecule has 0 saturated heterocycles. The fourth-order valence-electron chi connectivity index (χ4n) is 3.59. The molecule has 0 spiro atoms. The van der Waals surface area contributed by atoms with E-state index in [-0.39, 0.29) is 30.2 Å². The molecule has 0 aromatic heterocycles. The first-order valence-corrected chi connectivity index (χ1v) is 13.8. The van der Waals surface area contributed by atoms with Crippen LogP contribution < -0.4 is 5.32 Å². The van der Waals surface area contributed by atoms with Crippen LogP contribution in [0.15, 0.2) is 77.7 Å². The zero-order chi connectivity index (χ0) is 26.1. The van der Waals surface area contributed by atoms with Crippen molar-refractivity contribution in [2.45, 2.75) is 50.2 Å². The first-order chi connectivity index (χ1) is 17.3. The third kappa shape index (κ3) is 8.45. The molecular weight excluding hydrogens is 535 g/mol. The van der Waals surface area contributed by atoms with Gasteiger partial charge >= 0.3 is 0 Å². The number of hydrogen-bond donors (Lipinski definition) is 1. The van der Waals surface area contributed by atoms with Gasteiger partial charge in [0, 0.05) is 28.9 Å². The number of halogens is 3. The molecule has 3 aromatic carbocycles. The first-order valence-electron chi connectivity index (χ1n) is 11.7.